The summed E-state index contributed by atoms with van der Waals surface area (Å²) >= 11 is 0. The lowest BCUT2D eigenvalue weighted by atomic mass is 10.0. The summed E-state index contributed by atoms with van der Waals surface area (Å²) < 4.78 is 2.36. The zero-order valence-corrected chi connectivity index (χ0v) is 11.9. The van der Waals surface area contributed by atoms with Crippen LogP contribution in [0.2, 0.25) is 0 Å². The molecule has 0 bridgehead atoms. The summed E-state index contributed by atoms with van der Waals surface area (Å²) in [5, 5.41) is 12.1. The van der Waals surface area contributed by atoms with Crippen LogP contribution in [0.4, 0.5) is 0 Å². The van der Waals surface area contributed by atoms with E-state index in [2.05, 4.69) is 25.0 Å². The quantitative estimate of drug-likeness (QED) is 0.886. The maximum atomic E-state index is 4.44. The SMILES string of the molecule is CNCC1CCCCN1Cc1nnc2n1CCCC2. The van der Waals surface area contributed by atoms with Crippen molar-refractivity contribution in [1.29, 1.82) is 0 Å². The van der Waals surface area contributed by atoms with E-state index in [4.69, 9.17) is 0 Å². The Bertz CT molecular complexity index is 412. The van der Waals surface area contributed by atoms with Gasteiger partial charge in [-0.25, -0.2) is 0 Å². The van der Waals surface area contributed by atoms with Crippen LogP contribution in [0.5, 0.6) is 0 Å². The van der Waals surface area contributed by atoms with Crippen LogP contribution >= 0.6 is 0 Å². The van der Waals surface area contributed by atoms with E-state index < -0.39 is 0 Å². The van der Waals surface area contributed by atoms with Crippen molar-refractivity contribution in [2.45, 2.75) is 57.7 Å². The Morgan fingerprint density at radius 2 is 2.05 bits per heavy atom. The Balaban J connectivity index is 1.70. The van der Waals surface area contributed by atoms with Gasteiger partial charge < -0.3 is 9.88 Å². The monoisotopic (exact) mass is 263 g/mol. The first kappa shape index (κ1) is 13.1. The van der Waals surface area contributed by atoms with Crippen LogP contribution in [0.25, 0.3) is 0 Å². The normalized spacial score (nSPS) is 24.4. The molecule has 19 heavy (non-hydrogen) atoms. The Kier molecular flexibility index (Phi) is 4.13. The number of piperidine rings is 1. The molecule has 0 amide bonds. The molecule has 1 N–H and O–H groups in total. The second-order valence-electron chi connectivity index (χ2n) is 5.82. The number of aromatic nitrogens is 3. The Morgan fingerprint density at radius 1 is 1.16 bits per heavy atom. The van der Waals surface area contributed by atoms with Crippen molar-refractivity contribution in [2.75, 3.05) is 20.1 Å². The highest BCUT2D eigenvalue weighted by Gasteiger charge is 2.24. The molecule has 0 aliphatic carbocycles. The lowest BCUT2D eigenvalue weighted by molar-refractivity contribution is 0.133. The van der Waals surface area contributed by atoms with Crippen LogP contribution in [-0.4, -0.2) is 45.8 Å². The number of likely N-dealkylation sites (N-methyl/N-ethyl adjacent to an activating group) is 1. The van der Waals surface area contributed by atoms with Gasteiger partial charge in [0.25, 0.3) is 0 Å². The summed E-state index contributed by atoms with van der Waals surface area (Å²) in [6.45, 7) is 4.37. The summed E-state index contributed by atoms with van der Waals surface area (Å²) in [6.07, 6.45) is 7.64. The Labute approximate surface area is 115 Å². The second kappa shape index (κ2) is 6.01. The first-order chi connectivity index (χ1) is 9.38. The van der Waals surface area contributed by atoms with Crippen LogP contribution in [0.3, 0.4) is 0 Å². The number of fused-ring (bicyclic) bond motifs is 1. The summed E-state index contributed by atoms with van der Waals surface area (Å²) in [5.74, 6) is 2.38. The summed E-state index contributed by atoms with van der Waals surface area (Å²) in [6, 6.07) is 0.662. The van der Waals surface area contributed by atoms with Crippen molar-refractivity contribution in [3.05, 3.63) is 11.6 Å². The highest BCUT2D eigenvalue weighted by molar-refractivity contribution is 4.99. The molecule has 0 radical (unpaired) electrons. The number of hydrogen-bond acceptors (Lipinski definition) is 4. The van der Waals surface area contributed by atoms with Gasteiger partial charge in [-0.2, -0.15) is 0 Å². The van der Waals surface area contributed by atoms with E-state index in [-0.39, 0.29) is 0 Å². The van der Waals surface area contributed by atoms with E-state index in [0.717, 1.165) is 26.1 Å². The minimum Gasteiger partial charge on any atom is -0.318 e. The molecule has 1 aromatic heterocycles. The number of hydrogen-bond donors (Lipinski definition) is 1. The zero-order chi connectivity index (χ0) is 13.1. The van der Waals surface area contributed by atoms with Crippen molar-refractivity contribution in [3.63, 3.8) is 0 Å². The van der Waals surface area contributed by atoms with E-state index in [9.17, 15) is 0 Å². The molecule has 1 fully saturated rings. The third-order valence-electron chi connectivity index (χ3n) is 4.47. The molecule has 0 spiro atoms. The molecular weight excluding hydrogens is 238 g/mol. The van der Waals surface area contributed by atoms with Gasteiger partial charge in [-0.05, 0) is 39.3 Å². The molecule has 3 heterocycles. The standard InChI is InChI=1S/C14H25N5/c1-15-10-12-6-2-4-8-18(12)11-14-17-16-13-7-3-5-9-19(13)14/h12,15H,2-11H2,1H3. The van der Waals surface area contributed by atoms with Gasteiger partial charge in [-0.3, -0.25) is 4.90 Å². The first-order valence-corrected chi connectivity index (χ1v) is 7.68. The molecule has 1 atom stereocenters. The largest absolute Gasteiger partial charge is 0.318 e. The topological polar surface area (TPSA) is 46.0 Å². The third kappa shape index (κ3) is 2.82. The van der Waals surface area contributed by atoms with Crippen molar-refractivity contribution >= 4 is 0 Å². The van der Waals surface area contributed by atoms with Crippen LogP contribution in [0, 0.1) is 0 Å². The third-order valence-corrected chi connectivity index (χ3v) is 4.47. The fraction of sp³-hybridized carbons (Fsp3) is 0.857. The summed E-state index contributed by atoms with van der Waals surface area (Å²) in [5.41, 5.74) is 0. The molecule has 1 saturated heterocycles. The minimum absolute atomic E-state index is 0.662. The fourth-order valence-corrected chi connectivity index (χ4v) is 3.40. The minimum atomic E-state index is 0.662. The van der Waals surface area contributed by atoms with Gasteiger partial charge in [0, 0.05) is 25.6 Å². The lowest BCUT2D eigenvalue weighted by Gasteiger charge is -2.35. The molecule has 0 aromatic carbocycles. The molecule has 1 unspecified atom stereocenters. The highest BCUT2D eigenvalue weighted by atomic mass is 15.3. The molecule has 0 saturated carbocycles. The Hall–Kier alpha value is -0.940. The molecular formula is C14H25N5. The number of aryl methyl sites for hydroxylation is 1. The van der Waals surface area contributed by atoms with Crippen LogP contribution < -0.4 is 5.32 Å². The van der Waals surface area contributed by atoms with Gasteiger partial charge in [0.2, 0.25) is 0 Å². The predicted molar refractivity (Wildman–Crippen MR) is 74.9 cm³/mol. The number of likely N-dealkylation sites (tertiary alicyclic amines) is 1. The first-order valence-electron chi connectivity index (χ1n) is 7.68. The van der Waals surface area contributed by atoms with E-state index in [0.29, 0.717) is 6.04 Å². The van der Waals surface area contributed by atoms with Gasteiger partial charge in [-0.15, -0.1) is 10.2 Å². The van der Waals surface area contributed by atoms with Crippen molar-refractivity contribution in [1.82, 2.24) is 25.0 Å². The predicted octanol–water partition coefficient (Wildman–Crippen LogP) is 1.19. The number of nitrogens with one attached hydrogen (secondary N) is 1. The summed E-state index contributed by atoms with van der Waals surface area (Å²) in [4.78, 5) is 2.59. The second-order valence-corrected chi connectivity index (χ2v) is 5.82. The van der Waals surface area contributed by atoms with Gasteiger partial charge in [0.1, 0.15) is 11.6 Å². The van der Waals surface area contributed by atoms with Crippen LogP contribution in [-0.2, 0) is 19.5 Å². The molecule has 106 valence electrons. The van der Waals surface area contributed by atoms with Crippen LogP contribution in [0.1, 0.15) is 43.8 Å². The van der Waals surface area contributed by atoms with Gasteiger partial charge in [0.15, 0.2) is 0 Å². The molecule has 3 rings (SSSR count). The van der Waals surface area contributed by atoms with E-state index in [1.165, 1.54) is 50.3 Å². The van der Waals surface area contributed by atoms with E-state index >= 15 is 0 Å². The van der Waals surface area contributed by atoms with E-state index in [1.54, 1.807) is 0 Å². The van der Waals surface area contributed by atoms with Crippen LogP contribution in [0.15, 0.2) is 0 Å². The van der Waals surface area contributed by atoms with Gasteiger partial charge >= 0.3 is 0 Å². The van der Waals surface area contributed by atoms with Crippen molar-refractivity contribution in [2.24, 2.45) is 0 Å². The smallest absolute Gasteiger partial charge is 0.147 e. The van der Waals surface area contributed by atoms with Gasteiger partial charge in [0.05, 0.1) is 6.54 Å². The maximum Gasteiger partial charge on any atom is 0.147 e. The molecule has 2 aliphatic heterocycles. The van der Waals surface area contributed by atoms with Crippen molar-refractivity contribution in [3.8, 4) is 0 Å². The number of rotatable bonds is 4. The maximum absolute atomic E-state index is 4.44. The average molecular weight is 263 g/mol. The fourth-order valence-electron chi connectivity index (χ4n) is 3.40. The average Bonchev–Trinajstić information content (AvgIpc) is 2.85. The Morgan fingerprint density at radius 3 is 2.95 bits per heavy atom. The summed E-state index contributed by atoms with van der Waals surface area (Å²) in [7, 11) is 2.05. The van der Waals surface area contributed by atoms with Gasteiger partial charge in [-0.1, -0.05) is 6.42 Å². The highest BCUT2D eigenvalue weighted by Crippen LogP contribution is 2.21. The van der Waals surface area contributed by atoms with E-state index in [1.807, 2.05) is 7.05 Å². The molecule has 2 aliphatic rings. The molecule has 5 heteroatoms. The number of nitrogens with zero attached hydrogens (tertiary/aromatic N) is 4. The molecule has 5 nitrogen and oxygen atoms in total. The van der Waals surface area contributed by atoms with Crippen molar-refractivity contribution < 1.29 is 0 Å². The zero-order valence-electron chi connectivity index (χ0n) is 11.9. The lowest BCUT2D eigenvalue weighted by Crippen LogP contribution is -2.44. The molecule has 1 aromatic rings.